The summed E-state index contributed by atoms with van der Waals surface area (Å²) in [6.45, 7) is 17.7. The van der Waals surface area contributed by atoms with Crippen molar-refractivity contribution in [2.24, 2.45) is 7.05 Å². The number of carbonyl (C=O) groups is 1. The van der Waals surface area contributed by atoms with E-state index in [0.717, 1.165) is 47.6 Å². The van der Waals surface area contributed by atoms with Crippen molar-refractivity contribution >= 4 is 25.8 Å². The summed E-state index contributed by atoms with van der Waals surface area (Å²) in [5, 5.41) is 22.8. The maximum atomic E-state index is 11.5. The third kappa shape index (κ3) is 7.48. The summed E-state index contributed by atoms with van der Waals surface area (Å²) in [5.41, 5.74) is 6.90. The Bertz CT molecular complexity index is 1510. The van der Waals surface area contributed by atoms with Crippen LogP contribution in [0.4, 0.5) is 16.2 Å². The number of ether oxygens (including phenoxy) is 1. The highest BCUT2D eigenvalue weighted by atomic mass is 28.4. The monoisotopic (exact) mass is 616 g/mol. The number of benzene rings is 2. The van der Waals surface area contributed by atoms with Crippen molar-refractivity contribution in [2.45, 2.75) is 84.0 Å². The zero-order chi connectivity index (χ0) is 32.3. The standard InChI is InChI=1S/C35H48N4O4Si/c1-34(2,3)44(7,8)43-28-16-14-26(15-17-28)37-31-21-27(22-36)38(6)32(31)13-10-20-42-24-35(4,5)30-12-9-11-25-23-39(33(40)41)19-18-29(25)30/h9,11-12,14-17,21,37H,10,13,18-20,23-24H2,1-8H3,(H,40,41). The lowest BCUT2D eigenvalue weighted by molar-refractivity contribution is 0.0921. The van der Waals surface area contributed by atoms with Crippen LogP contribution in [0.25, 0.3) is 0 Å². The average molecular weight is 617 g/mol. The molecule has 8 nitrogen and oxygen atoms in total. The highest BCUT2D eigenvalue weighted by Gasteiger charge is 2.39. The van der Waals surface area contributed by atoms with Gasteiger partial charge in [0.15, 0.2) is 0 Å². The molecule has 0 saturated heterocycles. The van der Waals surface area contributed by atoms with Crippen LogP contribution in [0.3, 0.4) is 0 Å². The summed E-state index contributed by atoms with van der Waals surface area (Å²) in [4.78, 5) is 12.9. The van der Waals surface area contributed by atoms with Gasteiger partial charge in [-0.1, -0.05) is 52.8 Å². The molecule has 3 aromatic rings. The summed E-state index contributed by atoms with van der Waals surface area (Å²) in [7, 11) is 0.0194. The third-order valence-corrected chi connectivity index (χ3v) is 13.6. The minimum atomic E-state index is -1.91. The van der Waals surface area contributed by atoms with E-state index in [1.54, 1.807) is 0 Å². The minimum Gasteiger partial charge on any atom is -0.544 e. The van der Waals surface area contributed by atoms with Crippen LogP contribution in [0.15, 0.2) is 48.5 Å². The summed E-state index contributed by atoms with van der Waals surface area (Å²) in [6.07, 6.45) is 1.43. The number of fused-ring (bicyclic) bond motifs is 1. The second-order valence-corrected chi connectivity index (χ2v) is 18.7. The zero-order valence-corrected chi connectivity index (χ0v) is 28.6. The van der Waals surface area contributed by atoms with Crippen molar-refractivity contribution in [3.05, 3.63) is 76.6 Å². The molecule has 0 unspecified atom stereocenters. The number of nitrogens with zero attached hydrogens (tertiary/aromatic N) is 3. The van der Waals surface area contributed by atoms with E-state index in [-0.39, 0.29) is 10.5 Å². The van der Waals surface area contributed by atoms with E-state index in [9.17, 15) is 15.2 Å². The van der Waals surface area contributed by atoms with Crippen LogP contribution in [-0.4, -0.2) is 48.7 Å². The maximum Gasteiger partial charge on any atom is 0.407 e. The van der Waals surface area contributed by atoms with Gasteiger partial charge in [0, 0.05) is 43.5 Å². The fraction of sp³-hybridized carbons (Fsp3) is 0.486. The molecule has 0 saturated carbocycles. The molecule has 2 heterocycles. The summed E-state index contributed by atoms with van der Waals surface area (Å²) in [5.74, 6) is 0.881. The van der Waals surface area contributed by atoms with Gasteiger partial charge in [-0.05, 0) is 84.4 Å². The Hall–Kier alpha value is -3.74. The van der Waals surface area contributed by atoms with Crippen molar-refractivity contribution in [1.29, 1.82) is 5.26 Å². The molecule has 9 heteroatoms. The Labute approximate surface area is 263 Å². The molecule has 4 rings (SSSR count). The van der Waals surface area contributed by atoms with Crippen LogP contribution in [-0.2, 0) is 36.6 Å². The number of nitrogens with one attached hydrogen (secondary N) is 1. The largest absolute Gasteiger partial charge is 0.544 e. The molecule has 0 aliphatic carbocycles. The van der Waals surface area contributed by atoms with Crippen LogP contribution in [0.2, 0.25) is 18.1 Å². The van der Waals surface area contributed by atoms with Crippen molar-refractivity contribution in [3.8, 4) is 11.8 Å². The van der Waals surface area contributed by atoms with Gasteiger partial charge in [0.2, 0.25) is 8.32 Å². The van der Waals surface area contributed by atoms with Gasteiger partial charge in [-0.25, -0.2) is 4.79 Å². The molecule has 1 aliphatic heterocycles. The predicted octanol–water partition coefficient (Wildman–Crippen LogP) is 7.99. The fourth-order valence-corrected chi connectivity index (χ4v) is 6.56. The van der Waals surface area contributed by atoms with E-state index in [2.05, 4.69) is 65.2 Å². The van der Waals surface area contributed by atoms with Gasteiger partial charge in [0.25, 0.3) is 0 Å². The Morgan fingerprint density at radius 1 is 1.11 bits per heavy atom. The first-order chi connectivity index (χ1) is 20.6. The van der Waals surface area contributed by atoms with Gasteiger partial charge < -0.3 is 29.1 Å². The van der Waals surface area contributed by atoms with E-state index >= 15 is 0 Å². The fourth-order valence-electron chi connectivity index (χ4n) is 5.52. The molecule has 2 N–H and O–H groups in total. The van der Waals surface area contributed by atoms with Crippen molar-refractivity contribution in [2.75, 3.05) is 25.1 Å². The molecule has 0 fully saturated rings. The number of hydrogen-bond acceptors (Lipinski definition) is 5. The number of aromatic nitrogens is 1. The van der Waals surface area contributed by atoms with E-state index in [4.69, 9.17) is 9.16 Å². The normalized spacial score (nSPS) is 13.8. The average Bonchev–Trinajstić information content (AvgIpc) is 3.25. The van der Waals surface area contributed by atoms with E-state index in [1.165, 1.54) is 16.0 Å². The molecule has 0 radical (unpaired) electrons. The molecule has 1 aromatic heterocycles. The second kappa shape index (κ2) is 13.1. The first-order valence-electron chi connectivity index (χ1n) is 15.4. The number of carboxylic acid groups (broad SMARTS) is 1. The van der Waals surface area contributed by atoms with Crippen LogP contribution in [0.1, 0.15) is 69.1 Å². The van der Waals surface area contributed by atoms with Gasteiger partial charge in [0.1, 0.15) is 17.5 Å². The third-order valence-electron chi connectivity index (χ3n) is 9.22. The van der Waals surface area contributed by atoms with Crippen molar-refractivity contribution in [1.82, 2.24) is 9.47 Å². The number of nitriles is 1. The molecule has 0 atom stereocenters. The molecule has 0 bridgehead atoms. The lowest BCUT2D eigenvalue weighted by Gasteiger charge is -2.36. The van der Waals surface area contributed by atoms with Gasteiger partial charge in [-0.2, -0.15) is 5.26 Å². The number of amides is 1. The summed E-state index contributed by atoms with van der Waals surface area (Å²) >= 11 is 0. The van der Waals surface area contributed by atoms with Crippen molar-refractivity contribution < 1.29 is 19.1 Å². The first-order valence-corrected chi connectivity index (χ1v) is 18.4. The first kappa shape index (κ1) is 33.2. The van der Waals surface area contributed by atoms with Gasteiger partial charge >= 0.3 is 6.09 Å². The summed E-state index contributed by atoms with van der Waals surface area (Å²) < 4.78 is 14.6. The lowest BCUT2D eigenvalue weighted by atomic mass is 9.79. The topological polar surface area (TPSA) is 99.8 Å². The molecule has 0 spiro atoms. The Balaban J connectivity index is 1.36. The second-order valence-electron chi connectivity index (χ2n) is 14.0. The Morgan fingerprint density at radius 2 is 1.82 bits per heavy atom. The molecule has 2 aromatic carbocycles. The van der Waals surface area contributed by atoms with Gasteiger partial charge in [0.05, 0.1) is 12.3 Å². The van der Waals surface area contributed by atoms with Gasteiger partial charge in [-0.15, -0.1) is 0 Å². The molecular weight excluding hydrogens is 568 g/mol. The molecule has 236 valence electrons. The smallest absolute Gasteiger partial charge is 0.407 e. The highest BCUT2D eigenvalue weighted by Crippen LogP contribution is 2.38. The quantitative estimate of drug-likeness (QED) is 0.167. The number of hydrogen-bond donors (Lipinski definition) is 2. The predicted molar refractivity (Wildman–Crippen MR) is 178 cm³/mol. The highest BCUT2D eigenvalue weighted by molar-refractivity contribution is 6.74. The SMILES string of the molecule is Cn1c(C#N)cc(Nc2ccc(O[Si](C)(C)C(C)(C)C)cc2)c1CCCOCC(C)(C)c1cccc2c1CCN(C(=O)O)C2. The van der Waals surface area contributed by atoms with E-state index in [1.807, 2.05) is 54.1 Å². The molecule has 1 aliphatic rings. The van der Waals surface area contributed by atoms with Crippen LogP contribution in [0, 0.1) is 11.3 Å². The molecule has 44 heavy (non-hydrogen) atoms. The Kier molecular flexibility index (Phi) is 9.86. The zero-order valence-electron chi connectivity index (χ0n) is 27.6. The van der Waals surface area contributed by atoms with Crippen LogP contribution >= 0.6 is 0 Å². The lowest BCUT2D eigenvalue weighted by Crippen LogP contribution is -2.43. The minimum absolute atomic E-state index is 0.128. The maximum absolute atomic E-state index is 11.5. The number of rotatable bonds is 11. The van der Waals surface area contributed by atoms with Gasteiger partial charge in [-0.3, -0.25) is 0 Å². The summed E-state index contributed by atoms with van der Waals surface area (Å²) in [6, 6.07) is 18.5. The molecule has 1 amide bonds. The van der Waals surface area contributed by atoms with Crippen LogP contribution in [0.5, 0.6) is 5.75 Å². The van der Waals surface area contributed by atoms with E-state index < -0.39 is 14.4 Å². The van der Waals surface area contributed by atoms with Crippen LogP contribution < -0.4 is 9.74 Å². The Morgan fingerprint density at radius 3 is 2.45 bits per heavy atom. The van der Waals surface area contributed by atoms with Crippen molar-refractivity contribution in [3.63, 3.8) is 0 Å². The molecular formula is C35H48N4O4Si. The number of anilines is 2. The van der Waals surface area contributed by atoms with E-state index in [0.29, 0.717) is 32.0 Å².